The third-order valence-electron chi connectivity index (χ3n) is 4.34. The number of rotatable bonds is 8. The van der Waals surface area contributed by atoms with Crippen LogP contribution in [0.1, 0.15) is 17.2 Å². The van der Waals surface area contributed by atoms with Crippen LogP contribution in [0.5, 0.6) is 23.0 Å². The maximum Gasteiger partial charge on any atom is 0.203 e. The zero-order valence-electron chi connectivity index (χ0n) is 16.3. The lowest BCUT2D eigenvalue weighted by Crippen LogP contribution is -2.10. The van der Waals surface area contributed by atoms with E-state index in [2.05, 4.69) is 10.1 Å². The van der Waals surface area contributed by atoms with Gasteiger partial charge in [0.1, 0.15) is 18.4 Å². The minimum absolute atomic E-state index is 0.210. The van der Waals surface area contributed by atoms with Crippen LogP contribution in [-0.4, -0.2) is 43.2 Å². The maximum absolute atomic E-state index is 5.49. The van der Waals surface area contributed by atoms with Gasteiger partial charge in [0.15, 0.2) is 11.5 Å². The van der Waals surface area contributed by atoms with Gasteiger partial charge in [0, 0.05) is 0 Å². The van der Waals surface area contributed by atoms with E-state index in [1.54, 1.807) is 39.4 Å². The molecule has 0 bridgehead atoms. The van der Waals surface area contributed by atoms with Crippen molar-refractivity contribution >= 4 is 6.08 Å². The molecule has 146 valence electrons. The van der Waals surface area contributed by atoms with Crippen molar-refractivity contribution in [2.75, 3.05) is 28.4 Å². The number of aromatic nitrogens is 3. The summed E-state index contributed by atoms with van der Waals surface area (Å²) in [6, 6.07) is 11.4. The second-order valence-electron chi connectivity index (χ2n) is 5.91. The van der Waals surface area contributed by atoms with Gasteiger partial charge in [-0.1, -0.05) is 24.3 Å². The fourth-order valence-corrected chi connectivity index (χ4v) is 2.90. The van der Waals surface area contributed by atoms with E-state index in [9.17, 15) is 0 Å². The van der Waals surface area contributed by atoms with Crippen molar-refractivity contribution in [2.45, 2.75) is 6.04 Å². The van der Waals surface area contributed by atoms with Crippen LogP contribution in [0.3, 0.4) is 0 Å². The van der Waals surface area contributed by atoms with E-state index in [4.69, 9.17) is 18.9 Å². The summed E-state index contributed by atoms with van der Waals surface area (Å²) in [5.74, 6) is 2.53. The molecule has 0 aliphatic rings. The number of ether oxygens (including phenoxy) is 4. The third kappa shape index (κ3) is 4.09. The van der Waals surface area contributed by atoms with Crippen LogP contribution in [0.2, 0.25) is 0 Å². The summed E-state index contributed by atoms with van der Waals surface area (Å²) >= 11 is 0. The lowest BCUT2D eigenvalue weighted by molar-refractivity contribution is 0.323. The van der Waals surface area contributed by atoms with Crippen molar-refractivity contribution in [3.05, 3.63) is 66.3 Å². The molecule has 0 aliphatic carbocycles. The summed E-state index contributed by atoms with van der Waals surface area (Å²) in [6.07, 6.45) is 7.24. The van der Waals surface area contributed by atoms with Crippen LogP contribution in [0.4, 0.5) is 0 Å². The molecular weight excluding hydrogens is 358 g/mol. The molecule has 0 amide bonds. The SMILES string of the molecule is COc1ccc(/C=C/C(c2cc(OC)c(OC)c(OC)c2)n2cncn2)cc1. The monoisotopic (exact) mass is 381 g/mol. The highest BCUT2D eigenvalue weighted by Crippen LogP contribution is 2.40. The van der Waals surface area contributed by atoms with Gasteiger partial charge in [-0.3, -0.25) is 0 Å². The Balaban J connectivity index is 2.02. The first-order valence-corrected chi connectivity index (χ1v) is 8.66. The molecule has 1 atom stereocenters. The van der Waals surface area contributed by atoms with E-state index >= 15 is 0 Å². The summed E-state index contributed by atoms with van der Waals surface area (Å²) in [5.41, 5.74) is 1.96. The van der Waals surface area contributed by atoms with Crippen molar-refractivity contribution in [1.29, 1.82) is 0 Å². The Kier molecular flexibility index (Phi) is 6.16. The normalized spacial score (nSPS) is 12.0. The minimum Gasteiger partial charge on any atom is -0.497 e. The molecule has 3 rings (SSSR count). The van der Waals surface area contributed by atoms with Crippen molar-refractivity contribution < 1.29 is 18.9 Å². The van der Waals surface area contributed by atoms with E-state index < -0.39 is 0 Å². The van der Waals surface area contributed by atoms with Gasteiger partial charge in [-0.2, -0.15) is 5.10 Å². The molecule has 1 aromatic heterocycles. The second-order valence-corrected chi connectivity index (χ2v) is 5.91. The molecule has 0 saturated carbocycles. The average molecular weight is 381 g/mol. The van der Waals surface area contributed by atoms with Crippen LogP contribution >= 0.6 is 0 Å². The van der Waals surface area contributed by atoms with E-state index in [1.165, 1.54) is 6.33 Å². The van der Waals surface area contributed by atoms with Crippen molar-refractivity contribution in [2.24, 2.45) is 0 Å². The Bertz CT molecular complexity index is 896. The van der Waals surface area contributed by atoms with Crippen molar-refractivity contribution in [3.63, 3.8) is 0 Å². The third-order valence-corrected chi connectivity index (χ3v) is 4.34. The first-order valence-electron chi connectivity index (χ1n) is 8.66. The Morgan fingerprint density at radius 1 is 0.893 bits per heavy atom. The van der Waals surface area contributed by atoms with Gasteiger partial charge in [-0.15, -0.1) is 0 Å². The molecule has 7 heteroatoms. The molecule has 3 aromatic rings. The topological polar surface area (TPSA) is 67.6 Å². The summed E-state index contributed by atoms with van der Waals surface area (Å²) in [7, 11) is 6.42. The van der Waals surface area contributed by atoms with Crippen LogP contribution in [0.25, 0.3) is 6.08 Å². The Hall–Kier alpha value is -3.48. The number of benzene rings is 2. The number of hydrogen-bond donors (Lipinski definition) is 0. The highest BCUT2D eigenvalue weighted by molar-refractivity contribution is 5.57. The van der Waals surface area contributed by atoms with Gasteiger partial charge in [-0.05, 0) is 35.4 Å². The molecule has 7 nitrogen and oxygen atoms in total. The maximum atomic E-state index is 5.49. The average Bonchev–Trinajstić information content (AvgIpc) is 3.28. The van der Waals surface area contributed by atoms with E-state index in [-0.39, 0.29) is 6.04 Å². The molecular formula is C21H23N3O4. The van der Waals surface area contributed by atoms with Crippen LogP contribution in [-0.2, 0) is 0 Å². The Morgan fingerprint density at radius 3 is 2.07 bits per heavy atom. The highest BCUT2D eigenvalue weighted by Gasteiger charge is 2.19. The molecule has 0 radical (unpaired) electrons. The van der Waals surface area contributed by atoms with Gasteiger partial charge in [-0.25, -0.2) is 9.67 Å². The first-order chi connectivity index (χ1) is 13.7. The Labute approximate surface area is 164 Å². The molecule has 1 unspecified atom stereocenters. The van der Waals surface area contributed by atoms with Crippen LogP contribution in [0, 0.1) is 0 Å². The number of allylic oxidation sites excluding steroid dienone is 1. The predicted molar refractivity (Wildman–Crippen MR) is 106 cm³/mol. The van der Waals surface area contributed by atoms with Gasteiger partial charge in [0.05, 0.1) is 34.5 Å². The van der Waals surface area contributed by atoms with Gasteiger partial charge < -0.3 is 18.9 Å². The molecule has 0 spiro atoms. The lowest BCUT2D eigenvalue weighted by atomic mass is 10.0. The molecule has 0 fully saturated rings. The van der Waals surface area contributed by atoms with Gasteiger partial charge in [0.2, 0.25) is 5.75 Å². The molecule has 2 aromatic carbocycles. The number of hydrogen-bond acceptors (Lipinski definition) is 6. The van der Waals surface area contributed by atoms with Crippen LogP contribution in [0.15, 0.2) is 55.1 Å². The first kappa shape index (κ1) is 19.3. The summed E-state index contributed by atoms with van der Waals surface area (Å²) in [4.78, 5) is 4.08. The predicted octanol–water partition coefficient (Wildman–Crippen LogP) is 3.62. The number of methoxy groups -OCH3 is 4. The zero-order chi connectivity index (χ0) is 19.9. The molecule has 1 heterocycles. The fourth-order valence-electron chi connectivity index (χ4n) is 2.90. The largest absolute Gasteiger partial charge is 0.497 e. The smallest absolute Gasteiger partial charge is 0.203 e. The quantitative estimate of drug-likeness (QED) is 0.594. The fraction of sp³-hybridized carbons (Fsp3) is 0.238. The van der Waals surface area contributed by atoms with E-state index in [0.717, 1.165) is 16.9 Å². The van der Waals surface area contributed by atoms with Crippen molar-refractivity contribution in [3.8, 4) is 23.0 Å². The lowest BCUT2D eigenvalue weighted by Gasteiger charge is -2.18. The summed E-state index contributed by atoms with van der Waals surface area (Å²) in [5, 5.41) is 4.31. The number of nitrogens with zero attached hydrogens (tertiary/aromatic N) is 3. The Morgan fingerprint density at radius 2 is 1.57 bits per heavy atom. The minimum atomic E-state index is -0.210. The van der Waals surface area contributed by atoms with E-state index in [0.29, 0.717) is 17.2 Å². The van der Waals surface area contributed by atoms with Gasteiger partial charge >= 0.3 is 0 Å². The zero-order valence-corrected chi connectivity index (χ0v) is 16.3. The molecule has 0 N–H and O–H groups in total. The summed E-state index contributed by atoms with van der Waals surface area (Å²) < 4.78 is 23.4. The standard InChI is InChI=1S/C21H23N3O4/c1-25-17-8-5-15(6-9-17)7-10-18(24-14-22-13-23-24)16-11-19(26-2)21(28-4)20(12-16)27-3/h5-14,18H,1-4H3/b10-7+. The highest BCUT2D eigenvalue weighted by atomic mass is 16.5. The second kappa shape index (κ2) is 8.94. The molecule has 0 aliphatic heterocycles. The molecule has 28 heavy (non-hydrogen) atoms. The van der Waals surface area contributed by atoms with Crippen LogP contribution < -0.4 is 18.9 Å². The van der Waals surface area contributed by atoms with Crippen molar-refractivity contribution in [1.82, 2.24) is 14.8 Å². The van der Waals surface area contributed by atoms with Gasteiger partial charge in [0.25, 0.3) is 0 Å². The molecule has 0 saturated heterocycles. The van der Waals surface area contributed by atoms with E-state index in [1.807, 2.05) is 48.6 Å². The summed E-state index contributed by atoms with van der Waals surface area (Å²) in [6.45, 7) is 0.